The second-order valence-electron chi connectivity index (χ2n) is 4.00. The van der Waals surface area contributed by atoms with Crippen molar-refractivity contribution in [2.45, 2.75) is 29.9 Å². The molecule has 5 heteroatoms. The standard InChI is InChI=1S/C11H14O3S2/c1-8-4-5-9(16(12,13)14)7-10(8)11-3-2-6-15-11/h4-5,7,11H,2-3,6H2,1H3,(H,12,13,14). The molecule has 1 fully saturated rings. The zero-order valence-corrected chi connectivity index (χ0v) is 10.6. The van der Waals surface area contributed by atoms with Gasteiger partial charge in [0.2, 0.25) is 0 Å². The molecule has 0 amide bonds. The first-order chi connectivity index (χ1) is 7.48. The fraction of sp³-hybridized carbons (Fsp3) is 0.455. The molecule has 1 heterocycles. The minimum atomic E-state index is -4.08. The van der Waals surface area contributed by atoms with Crippen molar-refractivity contribution >= 4 is 21.9 Å². The Labute approximate surface area is 100 Å². The van der Waals surface area contributed by atoms with E-state index in [0.29, 0.717) is 5.25 Å². The summed E-state index contributed by atoms with van der Waals surface area (Å²) in [5.74, 6) is 1.13. The first kappa shape index (κ1) is 12.0. The van der Waals surface area contributed by atoms with Gasteiger partial charge in [-0.2, -0.15) is 20.2 Å². The average molecular weight is 258 g/mol. The highest BCUT2D eigenvalue weighted by molar-refractivity contribution is 7.99. The van der Waals surface area contributed by atoms with Crippen LogP contribution in [-0.4, -0.2) is 18.7 Å². The van der Waals surface area contributed by atoms with Gasteiger partial charge in [-0.15, -0.1) is 0 Å². The van der Waals surface area contributed by atoms with Gasteiger partial charge in [0, 0.05) is 5.25 Å². The van der Waals surface area contributed by atoms with Crippen LogP contribution in [0.5, 0.6) is 0 Å². The number of benzene rings is 1. The molecule has 1 aliphatic rings. The number of rotatable bonds is 2. The predicted octanol–water partition coefficient (Wildman–Crippen LogP) is 2.81. The molecule has 0 spiro atoms. The van der Waals surface area contributed by atoms with E-state index in [-0.39, 0.29) is 4.90 Å². The molecule has 1 aliphatic heterocycles. The van der Waals surface area contributed by atoms with Crippen LogP contribution in [0.25, 0.3) is 0 Å². The maximum atomic E-state index is 11.1. The molecule has 3 nitrogen and oxygen atoms in total. The van der Waals surface area contributed by atoms with Crippen LogP contribution in [0.2, 0.25) is 0 Å². The highest BCUT2D eigenvalue weighted by atomic mass is 32.2. The average Bonchev–Trinajstić information content (AvgIpc) is 2.69. The van der Waals surface area contributed by atoms with Crippen molar-refractivity contribution in [2.24, 2.45) is 0 Å². The smallest absolute Gasteiger partial charge is 0.282 e. The van der Waals surface area contributed by atoms with Gasteiger partial charge >= 0.3 is 0 Å². The van der Waals surface area contributed by atoms with Crippen LogP contribution in [0.3, 0.4) is 0 Å². The van der Waals surface area contributed by atoms with Crippen molar-refractivity contribution in [3.05, 3.63) is 29.3 Å². The van der Waals surface area contributed by atoms with Crippen LogP contribution in [0, 0.1) is 6.92 Å². The lowest BCUT2D eigenvalue weighted by molar-refractivity contribution is 0.483. The van der Waals surface area contributed by atoms with Crippen molar-refractivity contribution in [1.82, 2.24) is 0 Å². The molecular formula is C11H14O3S2. The summed E-state index contributed by atoms with van der Waals surface area (Å²) in [6.45, 7) is 1.97. The van der Waals surface area contributed by atoms with Crippen LogP contribution in [0.15, 0.2) is 23.1 Å². The summed E-state index contributed by atoms with van der Waals surface area (Å²) in [4.78, 5) is 0.000556. The fourth-order valence-electron chi connectivity index (χ4n) is 1.95. The zero-order chi connectivity index (χ0) is 11.8. The van der Waals surface area contributed by atoms with Gasteiger partial charge in [-0.1, -0.05) is 6.07 Å². The zero-order valence-electron chi connectivity index (χ0n) is 9.01. The summed E-state index contributed by atoms with van der Waals surface area (Å²) in [6, 6.07) is 4.82. The van der Waals surface area contributed by atoms with E-state index in [1.54, 1.807) is 12.1 Å². The largest absolute Gasteiger partial charge is 0.294 e. The molecule has 1 aromatic rings. The molecule has 1 unspecified atom stereocenters. The van der Waals surface area contributed by atoms with E-state index in [9.17, 15) is 8.42 Å². The van der Waals surface area contributed by atoms with Gasteiger partial charge in [-0.05, 0) is 48.8 Å². The summed E-state index contributed by atoms with van der Waals surface area (Å²) in [5.41, 5.74) is 2.13. The molecule has 16 heavy (non-hydrogen) atoms. The molecule has 0 radical (unpaired) electrons. The van der Waals surface area contributed by atoms with Crippen molar-refractivity contribution in [3.63, 3.8) is 0 Å². The van der Waals surface area contributed by atoms with Gasteiger partial charge in [0.05, 0.1) is 4.90 Å². The molecule has 1 N–H and O–H groups in total. The molecular weight excluding hydrogens is 244 g/mol. The van der Waals surface area contributed by atoms with E-state index >= 15 is 0 Å². The molecule has 2 rings (SSSR count). The second kappa shape index (κ2) is 4.39. The normalized spacial score (nSPS) is 21.2. The Balaban J connectivity index is 2.44. The van der Waals surface area contributed by atoms with Crippen molar-refractivity contribution < 1.29 is 13.0 Å². The maximum absolute atomic E-state index is 11.1. The van der Waals surface area contributed by atoms with Gasteiger partial charge in [0.15, 0.2) is 0 Å². The van der Waals surface area contributed by atoms with Gasteiger partial charge in [0.1, 0.15) is 0 Å². The van der Waals surface area contributed by atoms with Crippen LogP contribution in [0.4, 0.5) is 0 Å². The topological polar surface area (TPSA) is 54.4 Å². The Hall–Kier alpha value is -0.520. The number of hydrogen-bond acceptors (Lipinski definition) is 3. The van der Waals surface area contributed by atoms with Crippen LogP contribution in [0.1, 0.15) is 29.2 Å². The fourth-order valence-corrected chi connectivity index (χ4v) is 3.85. The number of thioether (sulfide) groups is 1. The lowest BCUT2D eigenvalue weighted by atomic mass is 10.0. The quantitative estimate of drug-likeness (QED) is 0.829. The van der Waals surface area contributed by atoms with E-state index in [4.69, 9.17) is 4.55 Å². The van der Waals surface area contributed by atoms with Gasteiger partial charge in [-0.3, -0.25) is 4.55 Å². The van der Waals surface area contributed by atoms with Gasteiger partial charge < -0.3 is 0 Å². The molecule has 1 atom stereocenters. The van der Waals surface area contributed by atoms with Crippen LogP contribution in [-0.2, 0) is 10.1 Å². The van der Waals surface area contributed by atoms with Crippen molar-refractivity contribution in [1.29, 1.82) is 0 Å². The third kappa shape index (κ3) is 2.42. The second-order valence-corrected chi connectivity index (χ2v) is 6.73. The summed E-state index contributed by atoms with van der Waals surface area (Å²) in [6.07, 6.45) is 2.26. The Bertz CT molecular complexity index is 488. The van der Waals surface area contributed by atoms with Gasteiger partial charge in [0.25, 0.3) is 10.1 Å². The first-order valence-electron chi connectivity index (χ1n) is 5.18. The molecule has 0 aromatic heterocycles. The lowest BCUT2D eigenvalue weighted by Crippen LogP contribution is -2.01. The first-order valence-corrected chi connectivity index (χ1v) is 7.67. The summed E-state index contributed by atoms with van der Waals surface area (Å²) < 4.78 is 31.1. The maximum Gasteiger partial charge on any atom is 0.294 e. The minimum absolute atomic E-state index is 0.000556. The van der Waals surface area contributed by atoms with E-state index in [1.807, 2.05) is 18.7 Å². The molecule has 0 saturated carbocycles. The summed E-state index contributed by atoms with van der Waals surface area (Å²) >= 11 is 1.85. The summed E-state index contributed by atoms with van der Waals surface area (Å²) in [7, 11) is -4.08. The highest BCUT2D eigenvalue weighted by Gasteiger charge is 2.21. The molecule has 0 aliphatic carbocycles. The summed E-state index contributed by atoms with van der Waals surface area (Å²) in [5, 5.41) is 0.377. The number of aryl methyl sites for hydroxylation is 1. The lowest BCUT2D eigenvalue weighted by Gasteiger charge is -2.13. The van der Waals surface area contributed by atoms with Crippen molar-refractivity contribution in [3.8, 4) is 0 Å². The Morgan fingerprint density at radius 2 is 2.19 bits per heavy atom. The predicted molar refractivity (Wildman–Crippen MR) is 65.4 cm³/mol. The Morgan fingerprint density at radius 3 is 2.75 bits per heavy atom. The van der Waals surface area contributed by atoms with E-state index < -0.39 is 10.1 Å². The molecule has 88 valence electrons. The van der Waals surface area contributed by atoms with E-state index in [2.05, 4.69) is 0 Å². The third-order valence-electron chi connectivity index (χ3n) is 2.83. The molecule has 1 aromatic carbocycles. The van der Waals surface area contributed by atoms with Gasteiger partial charge in [-0.25, -0.2) is 0 Å². The minimum Gasteiger partial charge on any atom is -0.282 e. The van der Waals surface area contributed by atoms with E-state index in [1.165, 1.54) is 12.5 Å². The Morgan fingerprint density at radius 1 is 1.44 bits per heavy atom. The SMILES string of the molecule is Cc1ccc(S(=O)(=O)O)cc1C1CCCS1. The molecule has 0 bridgehead atoms. The number of hydrogen-bond donors (Lipinski definition) is 1. The monoisotopic (exact) mass is 258 g/mol. The van der Waals surface area contributed by atoms with Crippen molar-refractivity contribution in [2.75, 3.05) is 5.75 Å². The highest BCUT2D eigenvalue weighted by Crippen LogP contribution is 2.41. The molecule has 1 saturated heterocycles. The van der Waals surface area contributed by atoms with E-state index in [0.717, 1.165) is 23.3 Å². The van der Waals surface area contributed by atoms with Crippen LogP contribution >= 0.6 is 11.8 Å². The third-order valence-corrected chi connectivity index (χ3v) is 5.09. The Kier molecular flexibility index (Phi) is 3.28. The van der Waals surface area contributed by atoms with Crippen LogP contribution < -0.4 is 0 Å².